The quantitative estimate of drug-likeness (QED) is 0.807. The SMILES string of the molecule is C=C(O)C(CCOC)c1ccc(C2(C)CCOC2)cc1. The van der Waals surface area contributed by atoms with Gasteiger partial charge in [-0.3, -0.25) is 0 Å². The van der Waals surface area contributed by atoms with Gasteiger partial charge in [-0.1, -0.05) is 37.8 Å². The molecule has 1 aromatic carbocycles. The van der Waals surface area contributed by atoms with Crippen LogP contribution >= 0.6 is 0 Å². The lowest BCUT2D eigenvalue weighted by molar-refractivity contribution is 0.180. The Hall–Kier alpha value is -1.32. The highest BCUT2D eigenvalue weighted by atomic mass is 16.5. The molecule has 1 fully saturated rings. The zero-order chi connectivity index (χ0) is 14.6. The van der Waals surface area contributed by atoms with Crippen LogP contribution in [-0.2, 0) is 14.9 Å². The van der Waals surface area contributed by atoms with Gasteiger partial charge in [0.2, 0.25) is 0 Å². The third-order valence-corrected chi connectivity index (χ3v) is 4.24. The van der Waals surface area contributed by atoms with Gasteiger partial charge in [0.25, 0.3) is 0 Å². The highest BCUT2D eigenvalue weighted by Crippen LogP contribution is 2.34. The summed E-state index contributed by atoms with van der Waals surface area (Å²) in [7, 11) is 1.67. The summed E-state index contributed by atoms with van der Waals surface area (Å²) in [4.78, 5) is 0. The molecular formula is C17H24O3. The van der Waals surface area contributed by atoms with Crippen molar-refractivity contribution in [1.29, 1.82) is 0 Å². The number of methoxy groups -OCH3 is 1. The standard InChI is InChI=1S/C17H24O3/c1-13(18)16(8-10-19-3)14-4-6-15(7-5-14)17(2)9-11-20-12-17/h4-7,16,18H,1,8-12H2,2-3H3. The Bertz CT molecular complexity index is 444. The average Bonchev–Trinajstić information content (AvgIpc) is 2.88. The molecule has 2 unspecified atom stereocenters. The Kier molecular flexibility index (Phi) is 4.84. The second kappa shape index (κ2) is 6.42. The molecule has 1 aromatic rings. The molecule has 0 bridgehead atoms. The van der Waals surface area contributed by atoms with Crippen LogP contribution in [-0.4, -0.2) is 32.0 Å². The zero-order valence-electron chi connectivity index (χ0n) is 12.4. The smallest absolute Gasteiger partial charge is 0.0926 e. The van der Waals surface area contributed by atoms with Crippen molar-refractivity contribution in [3.63, 3.8) is 0 Å². The molecule has 0 spiro atoms. The first-order valence-electron chi connectivity index (χ1n) is 7.12. The third-order valence-electron chi connectivity index (χ3n) is 4.24. The van der Waals surface area contributed by atoms with Crippen molar-refractivity contribution in [3.05, 3.63) is 47.7 Å². The van der Waals surface area contributed by atoms with Crippen LogP contribution < -0.4 is 0 Å². The molecule has 2 atom stereocenters. The molecule has 3 nitrogen and oxygen atoms in total. The van der Waals surface area contributed by atoms with Gasteiger partial charge in [-0.2, -0.15) is 0 Å². The van der Waals surface area contributed by atoms with Crippen LogP contribution in [0.1, 0.15) is 36.8 Å². The summed E-state index contributed by atoms with van der Waals surface area (Å²) < 4.78 is 10.6. The van der Waals surface area contributed by atoms with Crippen molar-refractivity contribution in [2.75, 3.05) is 26.9 Å². The van der Waals surface area contributed by atoms with E-state index in [0.717, 1.165) is 31.6 Å². The molecule has 1 heterocycles. The number of ether oxygens (including phenoxy) is 2. The summed E-state index contributed by atoms with van der Waals surface area (Å²) in [5.74, 6) is 0.141. The van der Waals surface area contributed by atoms with E-state index in [1.807, 2.05) is 0 Å². The first-order valence-corrected chi connectivity index (χ1v) is 7.12. The number of aliphatic hydroxyl groups excluding tert-OH is 1. The van der Waals surface area contributed by atoms with Crippen molar-refractivity contribution < 1.29 is 14.6 Å². The summed E-state index contributed by atoms with van der Waals surface area (Å²) in [6.07, 6.45) is 1.80. The van der Waals surface area contributed by atoms with Crippen molar-refractivity contribution in [2.45, 2.75) is 31.1 Å². The van der Waals surface area contributed by atoms with E-state index in [0.29, 0.717) is 6.61 Å². The Morgan fingerprint density at radius 1 is 1.45 bits per heavy atom. The topological polar surface area (TPSA) is 38.7 Å². The highest BCUT2D eigenvalue weighted by molar-refractivity contribution is 5.33. The van der Waals surface area contributed by atoms with Gasteiger partial charge in [0.15, 0.2) is 0 Å². The van der Waals surface area contributed by atoms with Gasteiger partial charge in [0.1, 0.15) is 0 Å². The molecule has 0 saturated carbocycles. The second-order valence-corrected chi connectivity index (χ2v) is 5.81. The molecule has 1 N–H and O–H groups in total. The van der Waals surface area contributed by atoms with Gasteiger partial charge in [-0.25, -0.2) is 0 Å². The fourth-order valence-electron chi connectivity index (χ4n) is 2.77. The lowest BCUT2D eigenvalue weighted by Gasteiger charge is -2.23. The summed E-state index contributed by atoms with van der Waals surface area (Å²) in [6, 6.07) is 8.46. The first kappa shape index (κ1) is 15.1. The molecule has 0 radical (unpaired) electrons. The first-order chi connectivity index (χ1) is 9.57. The molecule has 0 amide bonds. The Morgan fingerprint density at radius 3 is 2.65 bits per heavy atom. The van der Waals surface area contributed by atoms with Crippen molar-refractivity contribution >= 4 is 0 Å². The normalized spacial score (nSPS) is 23.7. The third kappa shape index (κ3) is 3.22. The minimum atomic E-state index is -0.0587. The maximum absolute atomic E-state index is 9.75. The molecule has 2 rings (SSSR count). The largest absolute Gasteiger partial charge is 0.512 e. The number of hydrogen-bond acceptors (Lipinski definition) is 3. The number of rotatable bonds is 6. The molecule has 1 aliphatic rings. The Labute approximate surface area is 121 Å². The number of hydrogen-bond donors (Lipinski definition) is 1. The molecule has 0 aliphatic carbocycles. The van der Waals surface area contributed by atoms with Gasteiger partial charge < -0.3 is 14.6 Å². The van der Waals surface area contributed by atoms with Crippen LogP contribution in [0, 0.1) is 0 Å². The predicted octanol–water partition coefficient (Wildman–Crippen LogP) is 3.56. The second-order valence-electron chi connectivity index (χ2n) is 5.81. The fourth-order valence-corrected chi connectivity index (χ4v) is 2.77. The van der Waals surface area contributed by atoms with Gasteiger partial charge >= 0.3 is 0 Å². The van der Waals surface area contributed by atoms with E-state index in [1.165, 1.54) is 5.56 Å². The zero-order valence-corrected chi connectivity index (χ0v) is 12.4. The minimum absolute atomic E-state index is 0.0587. The summed E-state index contributed by atoms with van der Waals surface area (Å²) in [5, 5.41) is 9.75. The van der Waals surface area contributed by atoms with E-state index in [1.54, 1.807) is 7.11 Å². The fraction of sp³-hybridized carbons (Fsp3) is 0.529. The molecule has 20 heavy (non-hydrogen) atoms. The highest BCUT2D eigenvalue weighted by Gasteiger charge is 2.31. The monoisotopic (exact) mass is 276 g/mol. The molecule has 1 aliphatic heterocycles. The van der Waals surface area contributed by atoms with E-state index in [2.05, 4.69) is 37.8 Å². The van der Waals surface area contributed by atoms with E-state index in [9.17, 15) is 5.11 Å². The Balaban J connectivity index is 2.15. The maximum Gasteiger partial charge on any atom is 0.0926 e. The van der Waals surface area contributed by atoms with Crippen molar-refractivity contribution in [2.24, 2.45) is 0 Å². The molecule has 1 saturated heterocycles. The van der Waals surface area contributed by atoms with Crippen LogP contribution in [0.2, 0.25) is 0 Å². The number of aliphatic hydroxyl groups is 1. The van der Waals surface area contributed by atoms with E-state index in [-0.39, 0.29) is 17.1 Å². The number of allylic oxidation sites excluding steroid dienone is 1. The summed E-state index contributed by atoms with van der Waals surface area (Å²) in [5.41, 5.74) is 2.50. The van der Waals surface area contributed by atoms with Crippen LogP contribution in [0.25, 0.3) is 0 Å². The van der Waals surface area contributed by atoms with Gasteiger partial charge in [0, 0.05) is 31.7 Å². The molecule has 0 aromatic heterocycles. The Morgan fingerprint density at radius 2 is 2.15 bits per heavy atom. The number of benzene rings is 1. The summed E-state index contributed by atoms with van der Waals surface area (Å²) >= 11 is 0. The predicted molar refractivity (Wildman–Crippen MR) is 80.2 cm³/mol. The molecular weight excluding hydrogens is 252 g/mol. The van der Waals surface area contributed by atoms with Crippen LogP contribution in [0.5, 0.6) is 0 Å². The van der Waals surface area contributed by atoms with Gasteiger partial charge in [-0.05, 0) is 24.0 Å². The van der Waals surface area contributed by atoms with E-state index in [4.69, 9.17) is 9.47 Å². The maximum atomic E-state index is 9.75. The molecule has 3 heteroatoms. The average molecular weight is 276 g/mol. The van der Waals surface area contributed by atoms with Gasteiger partial charge in [-0.15, -0.1) is 0 Å². The van der Waals surface area contributed by atoms with Crippen molar-refractivity contribution in [3.8, 4) is 0 Å². The minimum Gasteiger partial charge on any atom is -0.512 e. The van der Waals surface area contributed by atoms with Crippen LogP contribution in [0.3, 0.4) is 0 Å². The lowest BCUT2D eigenvalue weighted by atomic mass is 9.81. The van der Waals surface area contributed by atoms with Gasteiger partial charge in [0.05, 0.1) is 12.4 Å². The van der Waals surface area contributed by atoms with Crippen LogP contribution in [0.4, 0.5) is 0 Å². The van der Waals surface area contributed by atoms with Crippen LogP contribution in [0.15, 0.2) is 36.6 Å². The summed E-state index contributed by atoms with van der Waals surface area (Å²) in [6.45, 7) is 8.14. The van der Waals surface area contributed by atoms with Crippen molar-refractivity contribution in [1.82, 2.24) is 0 Å². The lowest BCUT2D eigenvalue weighted by Crippen LogP contribution is -2.21. The van der Waals surface area contributed by atoms with E-state index < -0.39 is 0 Å². The molecule has 110 valence electrons. The van der Waals surface area contributed by atoms with E-state index >= 15 is 0 Å².